The summed E-state index contributed by atoms with van der Waals surface area (Å²) in [6.07, 6.45) is 1.95. The molecular weight excluding hydrogens is 935 g/mol. The summed E-state index contributed by atoms with van der Waals surface area (Å²) in [5.41, 5.74) is 9.41. The van der Waals surface area contributed by atoms with Gasteiger partial charge in [-0.05, 0) is 92.4 Å². The molecule has 3 N–H and O–H groups in total. The number of piperidine rings is 1. The van der Waals surface area contributed by atoms with Crippen LogP contribution in [0.2, 0.25) is 10.0 Å². The average molecular weight is 986 g/mol. The van der Waals surface area contributed by atoms with E-state index in [2.05, 4.69) is 31.8 Å². The molecule has 0 radical (unpaired) electrons. The number of aromatic nitrogens is 4. The fourth-order valence-corrected chi connectivity index (χ4v) is 10.6. The molecule has 3 aromatic carbocycles. The lowest BCUT2D eigenvalue weighted by molar-refractivity contribution is -0.145. The van der Waals surface area contributed by atoms with Crippen molar-refractivity contribution in [3.8, 4) is 44.7 Å². The van der Waals surface area contributed by atoms with E-state index in [4.69, 9.17) is 52.9 Å². The Morgan fingerprint density at radius 2 is 1.68 bits per heavy atom. The Morgan fingerprint density at radius 3 is 2.37 bits per heavy atom. The van der Waals surface area contributed by atoms with Crippen molar-refractivity contribution >= 4 is 62.6 Å². The highest BCUT2D eigenvalue weighted by Crippen LogP contribution is 2.53. The number of amides is 1. The minimum absolute atomic E-state index is 0.0159. The number of halogens is 3. The molecule has 4 bridgehead atoms. The fourth-order valence-electron chi connectivity index (χ4n) is 8.93. The second-order valence-corrected chi connectivity index (χ2v) is 19.6. The number of carboxylic acids is 1. The zero-order valence-electron chi connectivity index (χ0n) is 38.1. The van der Waals surface area contributed by atoms with E-state index in [0.29, 0.717) is 110 Å². The number of primary amides is 1. The fraction of sp³-hybridized carbons (Fsp3) is 0.388. The number of fused-ring (bicyclic) bond motifs is 7. The van der Waals surface area contributed by atoms with Crippen molar-refractivity contribution in [3.63, 3.8) is 0 Å². The Kier molecular flexibility index (Phi) is 13.6. The van der Waals surface area contributed by atoms with E-state index >= 15 is 0 Å². The molecule has 7 heterocycles. The summed E-state index contributed by atoms with van der Waals surface area (Å²) in [5, 5.41) is 11.9. The highest BCUT2D eigenvalue weighted by atomic mass is 35.5. The number of piperazine rings is 1. The molecule has 356 valence electrons. The van der Waals surface area contributed by atoms with E-state index in [1.165, 1.54) is 29.8 Å². The average Bonchev–Trinajstić information content (AvgIpc) is 3.71. The van der Waals surface area contributed by atoms with Gasteiger partial charge in [0.1, 0.15) is 47.8 Å². The molecule has 68 heavy (non-hydrogen) atoms. The summed E-state index contributed by atoms with van der Waals surface area (Å²) < 4.78 is 40.7. The van der Waals surface area contributed by atoms with Gasteiger partial charge in [-0.1, -0.05) is 42.3 Å². The first-order valence-corrected chi connectivity index (χ1v) is 24.0. The van der Waals surface area contributed by atoms with Gasteiger partial charge in [-0.3, -0.25) is 9.69 Å². The van der Waals surface area contributed by atoms with E-state index in [0.717, 1.165) is 26.2 Å². The monoisotopic (exact) mass is 984 g/mol. The Labute approximate surface area is 406 Å². The highest BCUT2D eigenvalue weighted by Gasteiger charge is 2.36. The van der Waals surface area contributed by atoms with E-state index in [-0.39, 0.29) is 41.5 Å². The summed E-state index contributed by atoms with van der Waals surface area (Å²) in [7, 11) is 2.10. The van der Waals surface area contributed by atoms with Gasteiger partial charge in [-0.15, -0.1) is 11.3 Å². The van der Waals surface area contributed by atoms with Gasteiger partial charge in [0.25, 0.3) is 0 Å². The number of hydrogen-bond acceptors (Lipinski definition) is 14. The van der Waals surface area contributed by atoms with Crippen molar-refractivity contribution < 1.29 is 38.0 Å². The number of thiophene rings is 1. The van der Waals surface area contributed by atoms with Crippen LogP contribution in [0.15, 0.2) is 61.1 Å². The molecule has 4 aliphatic rings. The van der Waals surface area contributed by atoms with Gasteiger partial charge in [0.05, 0.1) is 21.1 Å². The molecule has 0 aliphatic carbocycles. The Hall–Kier alpha value is -5.85. The van der Waals surface area contributed by atoms with E-state index in [1.807, 2.05) is 25.7 Å². The zero-order chi connectivity index (χ0) is 47.9. The number of nitrogens with two attached hydrogens (primary N) is 1. The Bertz CT molecular complexity index is 2840. The molecule has 19 heteroatoms. The molecule has 6 aromatic rings. The lowest BCUT2D eigenvalue weighted by atomic mass is 9.80. The largest absolute Gasteiger partial charge is 0.490 e. The molecule has 10 rings (SSSR count). The van der Waals surface area contributed by atoms with Crippen molar-refractivity contribution in [1.29, 1.82) is 0 Å². The number of nitrogens with zero attached hydrogens (tertiary/aromatic N) is 7. The first-order chi connectivity index (χ1) is 32.6. The summed E-state index contributed by atoms with van der Waals surface area (Å²) >= 11 is 16.0. The lowest BCUT2D eigenvalue weighted by Crippen LogP contribution is -2.49. The number of anilines is 1. The van der Waals surface area contributed by atoms with Gasteiger partial charge in [-0.2, -0.15) is 0 Å². The Morgan fingerprint density at radius 1 is 0.956 bits per heavy atom. The first kappa shape index (κ1) is 47.2. The van der Waals surface area contributed by atoms with Crippen molar-refractivity contribution in [3.05, 3.63) is 99.3 Å². The zero-order valence-corrected chi connectivity index (χ0v) is 40.4. The maximum Gasteiger partial charge on any atom is 0.345 e. The maximum atomic E-state index is 14.4. The van der Waals surface area contributed by atoms with Gasteiger partial charge in [0.15, 0.2) is 5.75 Å². The molecule has 15 nitrogen and oxygen atoms in total. The van der Waals surface area contributed by atoms with Crippen molar-refractivity contribution in [2.75, 3.05) is 64.4 Å². The predicted molar refractivity (Wildman–Crippen MR) is 259 cm³/mol. The second-order valence-electron chi connectivity index (χ2n) is 17.9. The van der Waals surface area contributed by atoms with Crippen molar-refractivity contribution in [1.82, 2.24) is 29.7 Å². The van der Waals surface area contributed by atoms with Crippen LogP contribution in [-0.2, 0) is 22.6 Å². The number of carbonyl (C=O) groups excluding carboxylic acids is 1. The number of benzene rings is 3. The smallest absolute Gasteiger partial charge is 0.345 e. The summed E-state index contributed by atoms with van der Waals surface area (Å²) in [5.74, 6) is -0.310. The lowest BCUT2D eigenvalue weighted by Gasteiger charge is -2.37. The SMILES string of the molecule is Cc1c(Cl)c2c(Cl)c(C)c1-c1c(-c3ccc(F)cc3)sc3ncnc(c13)O[C@@H](C(=O)O)Cc1cc(ccc1OCc1ccnc(N3CCC(C)(C(N)=O)CC3)n1)OC[C@@H](CN1CCN(C)CC1)O2. The van der Waals surface area contributed by atoms with Crippen LogP contribution in [0.5, 0.6) is 23.1 Å². The minimum atomic E-state index is -1.48. The van der Waals surface area contributed by atoms with Gasteiger partial charge in [0.2, 0.25) is 23.8 Å². The van der Waals surface area contributed by atoms with Crippen LogP contribution in [0.1, 0.15) is 42.1 Å². The third-order valence-corrected chi connectivity index (χ3v) is 15.2. The van der Waals surface area contributed by atoms with Gasteiger partial charge in [0, 0.05) is 79.9 Å². The van der Waals surface area contributed by atoms with Gasteiger partial charge in [-0.25, -0.2) is 29.1 Å². The quantitative estimate of drug-likeness (QED) is 0.142. The minimum Gasteiger partial charge on any atom is -0.490 e. The van der Waals surface area contributed by atoms with Crippen molar-refractivity contribution in [2.24, 2.45) is 11.1 Å². The summed E-state index contributed by atoms with van der Waals surface area (Å²) in [4.78, 5) is 51.7. The number of carbonyl (C=O) groups is 2. The van der Waals surface area contributed by atoms with E-state index in [1.54, 1.807) is 42.6 Å². The molecule has 0 unspecified atom stereocenters. The van der Waals surface area contributed by atoms with Crippen LogP contribution >= 0.6 is 34.5 Å². The van der Waals surface area contributed by atoms with Crippen LogP contribution in [0.25, 0.3) is 31.8 Å². The molecule has 0 spiro atoms. The molecule has 2 fully saturated rings. The number of likely N-dealkylation sites (N-methyl/N-ethyl adjacent to an activating group) is 1. The summed E-state index contributed by atoms with van der Waals surface area (Å²) in [6, 6.07) is 13.1. The molecule has 2 atom stereocenters. The van der Waals surface area contributed by atoms with Gasteiger partial charge < -0.3 is 39.6 Å². The first-order valence-electron chi connectivity index (χ1n) is 22.4. The molecular formula is C49H51Cl2FN8O7S. The third-order valence-electron chi connectivity index (χ3n) is 13.2. The number of carboxylic acid groups (broad SMARTS) is 1. The number of rotatable bonds is 9. The van der Waals surface area contributed by atoms with E-state index in [9.17, 15) is 19.1 Å². The van der Waals surface area contributed by atoms with Crippen LogP contribution in [0, 0.1) is 25.1 Å². The number of hydrogen-bond donors (Lipinski definition) is 2. The number of aliphatic carboxylic acids is 1. The standard InChI is InChI=1S/C49H51Cl2FN8O7S/c1-27-37-28(2)41(51)42(40(27)50)66-34(23-59-19-17-58(4)18-20-59)25-64-33-9-10-35(65-24-32-11-14-54-48(57-32)60-15-12-49(3,13-16-60)47(53)63)30(21-33)22-36(46(61)62)67-44-39-38(37)43(68-45(39)56-26-55-44)29-5-7-31(52)8-6-29/h5-11,14,21,26,34,36H,12-13,15-20,22-25H2,1-4H3,(H2,53,63)(H,61,62)/t34-,36-/m1/s1. The molecule has 0 saturated carbocycles. The predicted octanol–water partition coefficient (Wildman–Crippen LogP) is 8.01. The number of ether oxygens (including phenoxy) is 4. The van der Waals surface area contributed by atoms with Crippen LogP contribution < -0.4 is 29.6 Å². The van der Waals surface area contributed by atoms with Crippen LogP contribution in [0.3, 0.4) is 0 Å². The third kappa shape index (κ3) is 9.72. The second kappa shape index (κ2) is 19.6. The topological polar surface area (TPSA) is 179 Å². The summed E-state index contributed by atoms with van der Waals surface area (Å²) in [6.45, 7) is 10.8. The highest BCUT2D eigenvalue weighted by molar-refractivity contribution is 7.22. The van der Waals surface area contributed by atoms with Crippen LogP contribution in [0.4, 0.5) is 10.3 Å². The molecule has 2 saturated heterocycles. The molecule has 1 amide bonds. The van der Waals surface area contributed by atoms with E-state index < -0.39 is 29.4 Å². The Balaban J connectivity index is 1.13. The normalized spacial score (nSPS) is 18.9. The molecule has 4 aliphatic heterocycles. The van der Waals surface area contributed by atoms with Crippen molar-refractivity contribution in [2.45, 2.75) is 58.8 Å². The van der Waals surface area contributed by atoms with Crippen LogP contribution in [-0.4, -0.2) is 118 Å². The van der Waals surface area contributed by atoms with Gasteiger partial charge >= 0.3 is 5.97 Å². The molecule has 3 aromatic heterocycles. The maximum absolute atomic E-state index is 14.4.